The van der Waals surface area contributed by atoms with Crippen molar-refractivity contribution >= 4 is 12.0 Å². The van der Waals surface area contributed by atoms with Gasteiger partial charge in [-0.2, -0.15) is 0 Å². The fourth-order valence-electron chi connectivity index (χ4n) is 1.66. The molecule has 1 atom stereocenters. The van der Waals surface area contributed by atoms with Crippen LogP contribution in [0.4, 0.5) is 4.79 Å². The molecule has 1 aromatic rings. The number of hydrogen-bond donors (Lipinski definition) is 2. The van der Waals surface area contributed by atoms with Crippen molar-refractivity contribution in [2.45, 2.75) is 25.8 Å². The maximum Gasteiger partial charge on any atom is 0.323 e. The first-order chi connectivity index (χ1) is 9.52. The van der Waals surface area contributed by atoms with Crippen LogP contribution in [0.3, 0.4) is 0 Å². The minimum Gasteiger partial charge on any atom is -0.480 e. The first-order valence-electron chi connectivity index (χ1n) is 6.26. The molecule has 1 rings (SSSR count). The Labute approximate surface area is 117 Å². The summed E-state index contributed by atoms with van der Waals surface area (Å²) >= 11 is 0. The van der Waals surface area contributed by atoms with Crippen molar-refractivity contribution in [2.75, 3.05) is 13.1 Å². The molecule has 2 N–H and O–H groups in total. The maximum absolute atomic E-state index is 11.9. The van der Waals surface area contributed by atoms with Crippen molar-refractivity contribution < 1.29 is 19.1 Å². The third-order valence-corrected chi connectivity index (χ3v) is 2.67. The second kappa shape index (κ2) is 7.89. The van der Waals surface area contributed by atoms with Gasteiger partial charge in [0.15, 0.2) is 0 Å². The van der Waals surface area contributed by atoms with E-state index >= 15 is 0 Å². The topological polar surface area (TPSA) is 82.8 Å². The predicted molar refractivity (Wildman–Crippen MR) is 73.1 cm³/mol. The highest BCUT2D eigenvalue weighted by atomic mass is 16.4. The van der Waals surface area contributed by atoms with Gasteiger partial charge in [-0.25, -0.2) is 4.79 Å². The highest BCUT2D eigenvalue weighted by molar-refractivity contribution is 5.80. The Bertz CT molecular complexity index is 476. The number of carboxylic acid groups (broad SMARTS) is 1. The molecule has 0 saturated heterocycles. The molecule has 0 aliphatic heterocycles. The smallest absolute Gasteiger partial charge is 0.323 e. The van der Waals surface area contributed by atoms with E-state index in [1.807, 2.05) is 13.0 Å². The van der Waals surface area contributed by atoms with Crippen LogP contribution in [0.25, 0.3) is 0 Å². The summed E-state index contributed by atoms with van der Waals surface area (Å²) in [5.41, 5.74) is 0. The van der Waals surface area contributed by atoms with Gasteiger partial charge in [-0.3, -0.25) is 4.79 Å². The Kier molecular flexibility index (Phi) is 6.17. The van der Waals surface area contributed by atoms with Crippen molar-refractivity contribution in [3.8, 4) is 12.3 Å². The van der Waals surface area contributed by atoms with E-state index in [-0.39, 0.29) is 12.6 Å². The van der Waals surface area contributed by atoms with E-state index in [1.54, 1.807) is 12.3 Å². The number of nitrogens with one attached hydrogen (secondary N) is 1. The summed E-state index contributed by atoms with van der Waals surface area (Å²) in [7, 11) is 0. The van der Waals surface area contributed by atoms with Crippen LogP contribution in [0.2, 0.25) is 0 Å². The summed E-state index contributed by atoms with van der Waals surface area (Å²) < 4.78 is 5.20. The molecular weight excluding hydrogens is 260 g/mol. The lowest BCUT2D eigenvalue weighted by Gasteiger charge is -2.21. The quantitative estimate of drug-likeness (QED) is 0.737. The molecular formula is C14H18N2O4. The van der Waals surface area contributed by atoms with Gasteiger partial charge < -0.3 is 19.7 Å². The van der Waals surface area contributed by atoms with Gasteiger partial charge in [-0.15, -0.1) is 6.42 Å². The molecule has 0 aliphatic rings. The molecule has 0 aliphatic carbocycles. The van der Waals surface area contributed by atoms with Crippen LogP contribution in [0.5, 0.6) is 0 Å². The normalized spacial score (nSPS) is 11.4. The number of carboxylic acids is 1. The lowest BCUT2D eigenvalue weighted by molar-refractivity contribution is -0.137. The average molecular weight is 278 g/mol. The zero-order chi connectivity index (χ0) is 15.0. The number of hydrogen-bond acceptors (Lipinski definition) is 3. The second-order valence-corrected chi connectivity index (χ2v) is 4.42. The van der Waals surface area contributed by atoms with Gasteiger partial charge in [0, 0.05) is 12.5 Å². The molecule has 0 radical (unpaired) electrons. The monoisotopic (exact) mass is 278 g/mol. The van der Waals surface area contributed by atoms with E-state index < -0.39 is 18.5 Å². The number of nitrogens with zero attached hydrogens (tertiary/aromatic N) is 1. The van der Waals surface area contributed by atoms with Crippen molar-refractivity contribution in [3.05, 3.63) is 24.2 Å². The van der Waals surface area contributed by atoms with Gasteiger partial charge >= 0.3 is 12.0 Å². The van der Waals surface area contributed by atoms with Crippen molar-refractivity contribution in [2.24, 2.45) is 0 Å². The number of furan rings is 1. The van der Waals surface area contributed by atoms with Crippen LogP contribution in [-0.4, -0.2) is 41.1 Å². The van der Waals surface area contributed by atoms with Gasteiger partial charge in [0.1, 0.15) is 12.3 Å². The Balaban J connectivity index is 2.41. The second-order valence-electron chi connectivity index (χ2n) is 4.42. The Morgan fingerprint density at radius 1 is 1.60 bits per heavy atom. The molecule has 20 heavy (non-hydrogen) atoms. The van der Waals surface area contributed by atoms with Crippen LogP contribution in [-0.2, 0) is 11.2 Å². The molecule has 108 valence electrons. The van der Waals surface area contributed by atoms with E-state index in [0.717, 1.165) is 10.7 Å². The molecule has 1 unspecified atom stereocenters. The summed E-state index contributed by atoms with van der Waals surface area (Å²) in [4.78, 5) is 23.6. The molecule has 0 saturated carbocycles. The van der Waals surface area contributed by atoms with Crippen LogP contribution in [0.15, 0.2) is 22.8 Å². The molecule has 1 heterocycles. The van der Waals surface area contributed by atoms with E-state index in [1.165, 1.54) is 0 Å². The molecule has 0 spiro atoms. The van der Waals surface area contributed by atoms with Crippen LogP contribution in [0, 0.1) is 12.3 Å². The van der Waals surface area contributed by atoms with Gasteiger partial charge in [-0.1, -0.05) is 5.92 Å². The van der Waals surface area contributed by atoms with Gasteiger partial charge in [0.25, 0.3) is 0 Å². The summed E-state index contributed by atoms with van der Waals surface area (Å²) in [6.45, 7) is 1.39. The zero-order valence-electron chi connectivity index (χ0n) is 11.3. The number of urea groups is 1. The molecule has 6 heteroatoms. The number of carbonyl (C=O) groups excluding carboxylic acids is 1. The van der Waals surface area contributed by atoms with Crippen molar-refractivity contribution in [3.63, 3.8) is 0 Å². The van der Waals surface area contributed by atoms with Crippen molar-refractivity contribution in [1.29, 1.82) is 0 Å². The number of carbonyl (C=O) groups is 2. The Morgan fingerprint density at radius 2 is 2.35 bits per heavy atom. The molecule has 0 aromatic carbocycles. The molecule has 2 amide bonds. The third kappa shape index (κ3) is 5.48. The third-order valence-electron chi connectivity index (χ3n) is 2.67. The standard InChI is InChI=1S/C14H18N2O4/c1-3-8-16(10-13(17)18)14(19)15-11(2)6-7-12-5-4-9-20-12/h1,4-5,9,11H,6-8,10H2,2H3,(H,15,19)(H,17,18). The Morgan fingerprint density at radius 3 is 2.90 bits per heavy atom. The summed E-state index contributed by atoms with van der Waals surface area (Å²) in [5, 5.41) is 11.4. The minimum atomic E-state index is -1.10. The van der Waals surface area contributed by atoms with Crippen LogP contribution >= 0.6 is 0 Å². The lowest BCUT2D eigenvalue weighted by Crippen LogP contribution is -2.46. The highest BCUT2D eigenvalue weighted by Crippen LogP contribution is 2.06. The summed E-state index contributed by atoms with van der Waals surface area (Å²) in [5.74, 6) is 2.01. The maximum atomic E-state index is 11.9. The lowest BCUT2D eigenvalue weighted by atomic mass is 10.1. The van der Waals surface area contributed by atoms with E-state index in [0.29, 0.717) is 12.8 Å². The highest BCUT2D eigenvalue weighted by Gasteiger charge is 2.17. The van der Waals surface area contributed by atoms with Gasteiger partial charge in [0.05, 0.1) is 12.8 Å². The number of aliphatic carboxylic acids is 1. The SMILES string of the molecule is C#CCN(CC(=O)O)C(=O)NC(C)CCc1ccco1. The molecule has 0 bridgehead atoms. The number of amides is 2. The molecule has 6 nitrogen and oxygen atoms in total. The zero-order valence-corrected chi connectivity index (χ0v) is 11.3. The van der Waals surface area contributed by atoms with Gasteiger partial charge in [0.2, 0.25) is 0 Å². The van der Waals surface area contributed by atoms with E-state index in [9.17, 15) is 9.59 Å². The number of terminal acetylenes is 1. The summed E-state index contributed by atoms with van der Waals surface area (Å²) in [6.07, 6.45) is 8.10. The molecule has 1 aromatic heterocycles. The largest absolute Gasteiger partial charge is 0.480 e. The number of aryl methyl sites for hydroxylation is 1. The van der Waals surface area contributed by atoms with Crippen LogP contribution in [0.1, 0.15) is 19.1 Å². The van der Waals surface area contributed by atoms with Crippen molar-refractivity contribution in [1.82, 2.24) is 10.2 Å². The number of rotatable bonds is 7. The predicted octanol–water partition coefficient (Wildman–Crippen LogP) is 1.33. The fraction of sp³-hybridized carbons (Fsp3) is 0.429. The molecule has 0 fully saturated rings. The van der Waals surface area contributed by atoms with Gasteiger partial charge in [-0.05, 0) is 25.5 Å². The summed E-state index contributed by atoms with van der Waals surface area (Å²) in [6, 6.07) is 3.09. The fourth-order valence-corrected chi connectivity index (χ4v) is 1.66. The van der Waals surface area contributed by atoms with E-state index in [4.69, 9.17) is 15.9 Å². The van der Waals surface area contributed by atoms with E-state index in [2.05, 4.69) is 11.2 Å². The first kappa shape index (κ1) is 15.6. The average Bonchev–Trinajstić information content (AvgIpc) is 2.88. The minimum absolute atomic E-state index is 0.0387. The Hall–Kier alpha value is -2.42. The first-order valence-corrected chi connectivity index (χ1v) is 6.26. The van der Waals surface area contributed by atoms with Crippen LogP contribution < -0.4 is 5.32 Å².